The molecule has 0 saturated carbocycles. The summed E-state index contributed by atoms with van der Waals surface area (Å²) in [6, 6.07) is 13.9. The molecule has 2 aromatic rings. The molecule has 2 N–H and O–H groups in total. The predicted molar refractivity (Wildman–Crippen MR) is 81.7 cm³/mol. The molecule has 1 heterocycles. The second-order valence-corrected chi connectivity index (χ2v) is 4.90. The Morgan fingerprint density at radius 3 is 2.60 bits per heavy atom. The fourth-order valence-electron chi connectivity index (χ4n) is 2.01. The van der Waals surface area contributed by atoms with E-state index in [9.17, 15) is 0 Å². The maximum atomic E-state index is 6.22. The third kappa shape index (κ3) is 4.35. The summed E-state index contributed by atoms with van der Waals surface area (Å²) in [5, 5.41) is 0. The van der Waals surface area contributed by atoms with Crippen LogP contribution in [0, 0.1) is 0 Å². The van der Waals surface area contributed by atoms with E-state index in [0.29, 0.717) is 0 Å². The van der Waals surface area contributed by atoms with Gasteiger partial charge in [0, 0.05) is 24.4 Å². The number of benzene rings is 1. The van der Waals surface area contributed by atoms with Gasteiger partial charge < -0.3 is 10.5 Å². The Morgan fingerprint density at radius 1 is 1.15 bits per heavy atom. The number of ether oxygens (including phenoxy) is 1. The first kappa shape index (κ1) is 14.5. The van der Waals surface area contributed by atoms with Crippen molar-refractivity contribution < 1.29 is 4.74 Å². The summed E-state index contributed by atoms with van der Waals surface area (Å²) in [6.07, 6.45) is 4.78. The van der Waals surface area contributed by atoms with Crippen molar-refractivity contribution in [3.63, 3.8) is 0 Å². The lowest BCUT2D eigenvalue weighted by Gasteiger charge is -2.12. The van der Waals surface area contributed by atoms with Crippen LogP contribution in [0.2, 0.25) is 0 Å². The molecule has 0 bridgehead atoms. The molecule has 1 atom stereocenters. The van der Waals surface area contributed by atoms with Gasteiger partial charge in [-0.3, -0.25) is 4.98 Å². The van der Waals surface area contributed by atoms with Crippen LogP contribution in [-0.2, 0) is 6.42 Å². The zero-order valence-electron chi connectivity index (χ0n) is 12.0. The molecule has 3 nitrogen and oxygen atoms in total. The molecule has 0 aliphatic carbocycles. The first-order valence-electron chi connectivity index (χ1n) is 7.18. The fourth-order valence-corrected chi connectivity index (χ4v) is 2.01. The van der Waals surface area contributed by atoms with Gasteiger partial charge >= 0.3 is 0 Å². The molecule has 20 heavy (non-hydrogen) atoms. The Hall–Kier alpha value is -1.87. The maximum Gasteiger partial charge on any atom is 0.119 e. The monoisotopic (exact) mass is 270 g/mol. The molecule has 0 amide bonds. The summed E-state index contributed by atoms with van der Waals surface area (Å²) in [7, 11) is 0. The molecule has 0 aliphatic rings. The standard InChI is InChI=1S/C17H22N2O/c1-2-3-12-20-16-9-7-14(8-10-16)17(18)13-15-6-4-5-11-19-15/h4-11,17H,2-3,12-13,18H2,1H3. The molecule has 1 unspecified atom stereocenters. The number of unbranched alkanes of at least 4 members (excludes halogenated alkanes) is 1. The Morgan fingerprint density at radius 2 is 1.95 bits per heavy atom. The van der Waals surface area contributed by atoms with Crippen LogP contribution in [0.1, 0.15) is 37.1 Å². The molecular weight excluding hydrogens is 248 g/mol. The highest BCUT2D eigenvalue weighted by atomic mass is 16.5. The van der Waals surface area contributed by atoms with Crippen molar-refractivity contribution in [3.8, 4) is 5.75 Å². The van der Waals surface area contributed by atoms with E-state index >= 15 is 0 Å². The lowest BCUT2D eigenvalue weighted by molar-refractivity contribution is 0.309. The highest BCUT2D eigenvalue weighted by molar-refractivity contribution is 5.29. The minimum absolute atomic E-state index is 0.0328. The van der Waals surface area contributed by atoms with Crippen LogP contribution >= 0.6 is 0 Å². The van der Waals surface area contributed by atoms with Crippen molar-refractivity contribution in [3.05, 3.63) is 59.9 Å². The zero-order chi connectivity index (χ0) is 14.2. The topological polar surface area (TPSA) is 48.1 Å². The Labute approximate surface area is 120 Å². The van der Waals surface area contributed by atoms with Crippen molar-refractivity contribution in [1.82, 2.24) is 4.98 Å². The smallest absolute Gasteiger partial charge is 0.119 e. The molecule has 0 aliphatic heterocycles. The number of nitrogens with zero attached hydrogens (tertiary/aromatic N) is 1. The fraction of sp³-hybridized carbons (Fsp3) is 0.353. The van der Waals surface area contributed by atoms with Gasteiger partial charge in [-0.15, -0.1) is 0 Å². The van der Waals surface area contributed by atoms with Crippen LogP contribution in [0.5, 0.6) is 5.75 Å². The number of hydrogen-bond acceptors (Lipinski definition) is 3. The average Bonchev–Trinajstić information content (AvgIpc) is 2.49. The first-order valence-corrected chi connectivity index (χ1v) is 7.18. The van der Waals surface area contributed by atoms with Crippen molar-refractivity contribution >= 4 is 0 Å². The molecule has 1 aromatic carbocycles. The van der Waals surface area contributed by atoms with E-state index in [1.165, 1.54) is 0 Å². The molecule has 2 rings (SSSR count). The van der Waals surface area contributed by atoms with Gasteiger partial charge in [-0.25, -0.2) is 0 Å². The number of aromatic nitrogens is 1. The molecule has 0 radical (unpaired) electrons. The number of pyridine rings is 1. The normalized spacial score (nSPS) is 12.1. The molecule has 0 saturated heterocycles. The predicted octanol–water partition coefficient (Wildman–Crippen LogP) is 3.50. The SMILES string of the molecule is CCCCOc1ccc(C(N)Cc2ccccn2)cc1. The van der Waals surface area contributed by atoms with Gasteiger partial charge in [-0.1, -0.05) is 31.5 Å². The largest absolute Gasteiger partial charge is 0.494 e. The van der Waals surface area contributed by atoms with E-state index in [0.717, 1.165) is 42.9 Å². The summed E-state index contributed by atoms with van der Waals surface area (Å²) in [6.45, 7) is 2.93. The molecular formula is C17H22N2O. The third-order valence-electron chi connectivity index (χ3n) is 3.23. The Balaban J connectivity index is 1.92. The maximum absolute atomic E-state index is 6.22. The Bertz CT molecular complexity index is 496. The van der Waals surface area contributed by atoms with E-state index in [-0.39, 0.29) is 6.04 Å². The quantitative estimate of drug-likeness (QED) is 0.783. The first-order chi connectivity index (χ1) is 9.79. The van der Waals surface area contributed by atoms with E-state index in [2.05, 4.69) is 11.9 Å². The number of hydrogen-bond donors (Lipinski definition) is 1. The van der Waals surface area contributed by atoms with Gasteiger partial charge in [0.1, 0.15) is 5.75 Å². The summed E-state index contributed by atoms with van der Waals surface area (Å²) in [5.41, 5.74) is 8.34. The van der Waals surface area contributed by atoms with Gasteiger partial charge in [-0.2, -0.15) is 0 Å². The number of nitrogens with two attached hydrogens (primary N) is 1. The van der Waals surface area contributed by atoms with Gasteiger partial charge in [-0.05, 0) is 36.2 Å². The Kier molecular flexibility index (Phi) is 5.56. The highest BCUT2D eigenvalue weighted by Crippen LogP contribution is 2.19. The lowest BCUT2D eigenvalue weighted by atomic mass is 10.0. The van der Waals surface area contributed by atoms with Crippen LogP contribution in [0.25, 0.3) is 0 Å². The molecule has 0 fully saturated rings. The van der Waals surface area contributed by atoms with Crippen LogP contribution in [0.15, 0.2) is 48.7 Å². The third-order valence-corrected chi connectivity index (χ3v) is 3.23. The summed E-state index contributed by atoms with van der Waals surface area (Å²) in [5.74, 6) is 0.909. The zero-order valence-corrected chi connectivity index (χ0v) is 12.0. The van der Waals surface area contributed by atoms with E-state index in [1.54, 1.807) is 6.20 Å². The van der Waals surface area contributed by atoms with E-state index < -0.39 is 0 Å². The van der Waals surface area contributed by atoms with Gasteiger partial charge in [0.25, 0.3) is 0 Å². The summed E-state index contributed by atoms with van der Waals surface area (Å²) in [4.78, 5) is 4.31. The van der Waals surface area contributed by atoms with Gasteiger partial charge in [0.2, 0.25) is 0 Å². The molecule has 3 heteroatoms. The number of rotatable bonds is 7. The van der Waals surface area contributed by atoms with Gasteiger partial charge in [0.15, 0.2) is 0 Å². The van der Waals surface area contributed by atoms with Crippen molar-refractivity contribution in [2.75, 3.05) is 6.61 Å². The average molecular weight is 270 g/mol. The molecule has 0 spiro atoms. The molecule has 1 aromatic heterocycles. The lowest BCUT2D eigenvalue weighted by Crippen LogP contribution is -2.14. The summed E-state index contributed by atoms with van der Waals surface area (Å²) >= 11 is 0. The second kappa shape index (κ2) is 7.65. The van der Waals surface area contributed by atoms with Crippen LogP contribution in [0.4, 0.5) is 0 Å². The van der Waals surface area contributed by atoms with Crippen LogP contribution in [0.3, 0.4) is 0 Å². The highest BCUT2D eigenvalue weighted by Gasteiger charge is 2.07. The summed E-state index contributed by atoms with van der Waals surface area (Å²) < 4.78 is 5.65. The van der Waals surface area contributed by atoms with E-state index in [1.807, 2.05) is 42.5 Å². The second-order valence-electron chi connectivity index (χ2n) is 4.90. The van der Waals surface area contributed by atoms with Crippen molar-refractivity contribution in [1.29, 1.82) is 0 Å². The minimum atomic E-state index is -0.0328. The minimum Gasteiger partial charge on any atom is -0.494 e. The van der Waals surface area contributed by atoms with Crippen LogP contribution in [-0.4, -0.2) is 11.6 Å². The van der Waals surface area contributed by atoms with Gasteiger partial charge in [0.05, 0.1) is 6.61 Å². The van der Waals surface area contributed by atoms with Crippen molar-refractivity contribution in [2.45, 2.75) is 32.2 Å². The van der Waals surface area contributed by atoms with E-state index in [4.69, 9.17) is 10.5 Å². The molecule has 106 valence electrons. The van der Waals surface area contributed by atoms with Crippen molar-refractivity contribution in [2.24, 2.45) is 5.73 Å². The van der Waals surface area contributed by atoms with Crippen LogP contribution < -0.4 is 10.5 Å².